The van der Waals surface area contributed by atoms with Gasteiger partial charge in [0.25, 0.3) is 5.91 Å². The molecular weight excluding hydrogens is 354 g/mol. The molecule has 3 heterocycles. The average molecular weight is 373 g/mol. The number of pyridine rings is 1. The van der Waals surface area contributed by atoms with Crippen molar-refractivity contribution in [2.24, 2.45) is 0 Å². The molecule has 140 valence electrons. The summed E-state index contributed by atoms with van der Waals surface area (Å²) < 4.78 is 1.64. The van der Waals surface area contributed by atoms with Gasteiger partial charge in [0.15, 0.2) is 11.5 Å². The topological polar surface area (TPSA) is 90.5 Å². The molecule has 28 heavy (non-hydrogen) atoms. The number of aryl methyl sites for hydroxylation is 3. The highest BCUT2D eigenvalue weighted by molar-refractivity contribution is 6.03. The summed E-state index contributed by atoms with van der Waals surface area (Å²) in [7, 11) is 0. The van der Waals surface area contributed by atoms with E-state index >= 15 is 0 Å². The maximum Gasteiger partial charge on any atom is 0.278 e. The minimum atomic E-state index is -0.331. The molecule has 0 fully saturated rings. The van der Waals surface area contributed by atoms with Gasteiger partial charge in [-0.2, -0.15) is 15.0 Å². The number of nitrogens with one attached hydrogen (secondary N) is 1. The monoisotopic (exact) mass is 373 g/mol. The van der Waals surface area contributed by atoms with Crippen LogP contribution in [0.2, 0.25) is 0 Å². The number of carbonyl (C=O) groups excluding carboxylic acids is 1. The summed E-state index contributed by atoms with van der Waals surface area (Å²) in [4.78, 5) is 18.5. The first kappa shape index (κ1) is 17.6. The van der Waals surface area contributed by atoms with Crippen LogP contribution in [0.1, 0.15) is 27.3 Å². The van der Waals surface area contributed by atoms with E-state index in [9.17, 15) is 4.79 Å². The Labute approximate surface area is 161 Å². The van der Waals surface area contributed by atoms with Crippen LogP contribution in [0, 0.1) is 20.8 Å². The third-order valence-corrected chi connectivity index (χ3v) is 4.31. The van der Waals surface area contributed by atoms with Crippen LogP contribution in [0.15, 0.2) is 55.0 Å². The van der Waals surface area contributed by atoms with Gasteiger partial charge < -0.3 is 5.32 Å². The molecule has 8 nitrogen and oxygen atoms in total. The summed E-state index contributed by atoms with van der Waals surface area (Å²) in [6.07, 6.45) is 5.06. The smallest absolute Gasteiger partial charge is 0.278 e. The van der Waals surface area contributed by atoms with Crippen LogP contribution in [0.5, 0.6) is 0 Å². The van der Waals surface area contributed by atoms with E-state index in [2.05, 4.69) is 31.7 Å². The first-order chi connectivity index (χ1) is 13.5. The molecule has 0 unspecified atom stereocenters. The summed E-state index contributed by atoms with van der Waals surface area (Å²) in [5.74, 6) is 0.335. The Morgan fingerprint density at radius 1 is 1.07 bits per heavy atom. The van der Waals surface area contributed by atoms with Gasteiger partial charge in [0.2, 0.25) is 0 Å². The van der Waals surface area contributed by atoms with Crippen molar-refractivity contribution in [1.82, 2.24) is 29.8 Å². The number of rotatable bonds is 4. The van der Waals surface area contributed by atoms with E-state index in [-0.39, 0.29) is 11.6 Å². The molecule has 0 spiro atoms. The highest BCUT2D eigenvalue weighted by Gasteiger charge is 2.17. The summed E-state index contributed by atoms with van der Waals surface area (Å²) in [5.41, 5.74) is 4.45. The number of nitrogens with zero attached hydrogens (tertiary/aromatic N) is 6. The Balaban J connectivity index is 1.54. The zero-order valence-corrected chi connectivity index (χ0v) is 15.8. The van der Waals surface area contributed by atoms with Gasteiger partial charge in [-0.1, -0.05) is 17.7 Å². The molecule has 3 aromatic heterocycles. The van der Waals surface area contributed by atoms with Gasteiger partial charge in [0, 0.05) is 12.4 Å². The molecule has 0 bridgehead atoms. The molecule has 1 aromatic carbocycles. The first-order valence-electron chi connectivity index (χ1n) is 8.80. The maximum atomic E-state index is 12.7. The number of carbonyl (C=O) groups is 1. The molecule has 1 N–H and O–H groups in total. The second-order valence-electron chi connectivity index (χ2n) is 6.52. The highest BCUT2D eigenvalue weighted by atomic mass is 16.2. The third kappa shape index (κ3) is 3.39. The van der Waals surface area contributed by atoms with Crippen molar-refractivity contribution >= 4 is 11.6 Å². The molecule has 0 aliphatic heterocycles. The van der Waals surface area contributed by atoms with Crippen LogP contribution < -0.4 is 5.32 Å². The number of amides is 1. The van der Waals surface area contributed by atoms with Gasteiger partial charge in [-0.05, 0) is 50.6 Å². The molecule has 4 rings (SSSR count). The molecule has 8 heteroatoms. The van der Waals surface area contributed by atoms with Crippen molar-refractivity contribution in [1.29, 1.82) is 0 Å². The van der Waals surface area contributed by atoms with Crippen LogP contribution >= 0.6 is 0 Å². The summed E-state index contributed by atoms with van der Waals surface area (Å²) in [6, 6.07) is 11.4. The zero-order valence-electron chi connectivity index (χ0n) is 15.8. The molecule has 0 radical (unpaired) electrons. The Kier molecular flexibility index (Phi) is 4.44. The Morgan fingerprint density at radius 3 is 2.61 bits per heavy atom. The standard InChI is InChI=1S/C20H19N7O/c1-13-5-7-17(14(2)11-13)27-24-15(3)19(25-27)20(28)23-16-6-8-18(21-12-16)26-10-4-9-22-26/h4-12H,1-3H3,(H,23,28). The first-order valence-corrected chi connectivity index (χ1v) is 8.80. The van der Waals surface area contributed by atoms with Crippen LogP contribution in [-0.4, -0.2) is 35.7 Å². The normalized spacial score (nSPS) is 10.8. The molecular formula is C20H19N7O. The summed E-state index contributed by atoms with van der Waals surface area (Å²) in [5, 5.41) is 15.7. The van der Waals surface area contributed by atoms with E-state index in [1.807, 2.05) is 32.0 Å². The lowest BCUT2D eigenvalue weighted by molar-refractivity contribution is 0.102. The van der Waals surface area contributed by atoms with E-state index in [1.54, 1.807) is 42.3 Å². The Bertz CT molecular complexity index is 1130. The predicted octanol–water partition coefficient (Wildman–Crippen LogP) is 3.03. The van der Waals surface area contributed by atoms with E-state index < -0.39 is 0 Å². The summed E-state index contributed by atoms with van der Waals surface area (Å²) in [6.45, 7) is 5.79. The van der Waals surface area contributed by atoms with Crippen LogP contribution in [0.25, 0.3) is 11.5 Å². The summed E-state index contributed by atoms with van der Waals surface area (Å²) >= 11 is 0. The van der Waals surface area contributed by atoms with Gasteiger partial charge in [-0.25, -0.2) is 9.67 Å². The maximum absolute atomic E-state index is 12.7. The van der Waals surface area contributed by atoms with Gasteiger partial charge in [0.05, 0.1) is 23.3 Å². The third-order valence-electron chi connectivity index (χ3n) is 4.31. The number of anilines is 1. The van der Waals surface area contributed by atoms with Gasteiger partial charge in [-0.3, -0.25) is 4.79 Å². The van der Waals surface area contributed by atoms with E-state index in [1.165, 1.54) is 4.80 Å². The van der Waals surface area contributed by atoms with Gasteiger partial charge >= 0.3 is 0 Å². The van der Waals surface area contributed by atoms with E-state index in [4.69, 9.17) is 0 Å². The zero-order chi connectivity index (χ0) is 19.7. The number of hydrogen-bond donors (Lipinski definition) is 1. The molecule has 0 saturated carbocycles. The van der Waals surface area contributed by atoms with E-state index in [0.717, 1.165) is 16.8 Å². The van der Waals surface area contributed by atoms with E-state index in [0.29, 0.717) is 17.2 Å². The molecule has 1 amide bonds. The van der Waals surface area contributed by atoms with Crippen molar-refractivity contribution in [3.8, 4) is 11.5 Å². The SMILES string of the molecule is Cc1ccc(-n2nc(C)c(C(=O)Nc3ccc(-n4cccn4)nc3)n2)c(C)c1. The Hall–Kier alpha value is -3.81. The van der Waals surface area contributed by atoms with Crippen LogP contribution in [-0.2, 0) is 0 Å². The lowest BCUT2D eigenvalue weighted by Gasteiger charge is -2.05. The second kappa shape index (κ2) is 7.07. The molecule has 4 aromatic rings. The van der Waals surface area contributed by atoms with Gasteiger partial charge in [-0.15, -0.1) is 5.10 Å². The van der Waals surface area contributed by atoms with Crippen LogP contribution in [0.3, 0.4) is 0 Å². The van der Waals surface area contributed by atoms with Gasteiger partial charge in [0.1, 0.15) is 0 Å². The molecule has 0 aliphatic carbocycles. The predicted molar refractivity (Wildman–Crippen MR) is 105 cm³/mol. The Morgan fingerprint density at radius 2 is 1.93 bits per heavy atom. The van der Waals surface area contributed by atoms with Crippen molar-refractivity contribution in [3.05, 3.63) is 77.5 Å². The van der Waals surface area contributed by atoms with Crippen molar-refractivity contribution in [2.75, 3.05) is 5.32 Å². The average Bonchev–Trinajstić information content (AvgIpc) is 3.32. The number of aromatic nitrogens is 6. The quantitative estimate of drug-likeness (QED) is 0.594. The molecule has 0 atom stereocenters. The lowest BCUT2D eigenvalue weighted by atomic mass is 10.1. The fourth-order valence-corrected chi connectivity index (χ4v) is 2.92. The van der Waals surface area contributed by atoms with Crippen molar-refractivity contribution in [3.63, 3.8) is 0 Å². The van der Waals surface area contributed by atoms with Crippen molar-refractivity contribution < 1.29 is 4.79 Å². The highest BCUT2D eigenvalue weighted by Crippen LogP contribution is 2.16. The largest absolute Gasteiger partial charge is 0.319 e. The molecule has 0 saturated heterocycles. The fourth-order valence-electron chi connectivity index (χ4n) is 2.92. The lowest BCUT2D eigenvalue weighted by Crippen LogP contribution is -2.14. The minimum Gasteiger partial charge on any atom is -0.319 e. The number of hydrogen-bond acceptors (Lipinski definition) is 5. The number of benzene rings is 1. The minimum absolute atomic E-state index is 0.274. The fraction of sp³-hybridized carbons (Fsp3) is 0.150. The van der Waals surface area contributed by atoms with Crippen LogP contribution in [0.4, 0.5) is 5.69 Å². The second-order valence-corrected chi connectivity index (χ2v) is 6.52. The van der Waals surface area contributed by atoms with Crippen molar-refractivity contribution in [2.45, 2.75) is 20.8 Å². The molecule has 0 aliphatic rings.